The molecular formula is C25H14S2. The Morgan fingerprint density at radius 1 is 0.667 bits per heavy atom. The summed E-state index contributed by atoms with van der Waals surface area (Å²) in [5.74, 6) is 0. The van der Waals surface area contributed by atoms with Crippen molar-refractivity contribution in [2.45, 2.75) is 6.42 Å². The van der Waals surface area contributed by atoms with Gasteiger partial charge in [-0.15, -0.1) is 22.7 Å². The second kappa shape index (κ2) is 4.98. The van der Waals surface area contributed by atoms with Gasteiger partial charge in [0, 0.05) is 32.2 Å². The van der Waals surface area contributed by atoms with Crippen molar-refractivity contribution >= 4 is 65.1 Å². The smallest absolute Gasteiger partial charge is 0.0527 e. The van der Waals surface area contributed by atoms with Crippen LogP contribution in [0.1, 0.15) is 11.1 Å². The van der Waals surface area contributed by atoms with E-state index in [4.69, 9.17) is 0 Å². The molecule has 0 fully saturated rings. The second-order valence-corrected chi connectivity index (χ2v) is 9.29. The fourth-order valence-electron chi connectivity index (χ4n) is 4.78. The van der Waals surface area contributed by atoms with Crippen molar-refractivity contribution in [3.63, 3.8) is 0 Å². The van der Waals surface area contributed by atoms with Gasteiger partial charge in [0.2, 0.25) is 0 Å². The van der Waals surface area contributed by atoms with E-state index in [1.54, 1.807) is 0 Å². The third kappa shape index (κ3) is 1.77. The highest BCUT2D eigenvalue weighted by Crippen LogP contribution is 2.52. The summed E-state index contributed by atoms with van der Waals surface area (Å²) in [5, 5.41) is 12.2. The van der Waals surface area contributed by atoms with Crippen LogP contribution in [-0.2, 0) is 6.42 Å². The van der Waals surface area contributed by atoms with Crippen LogP contribution in [0.4, 0.5) is 0 Å². The monoisotopic (exact) mass is 378 g/mol. The third-order valence-electron chi connectivity index (χ3n) is 5.94. The van der Waals surface area contributed by atoms with Gasteiger partial charge in [0.15, 0.2) is 0 Å². The van der Waals surface area contributed by atoms with Gasteiger partial charge in [-0.2, -0.15) is 0 Å². The first-order chi connectivity index (χ1) is 13.4. The zero-order valence-corrected chi connectivity index (χ0v) is 16.1. The van der Waals surface area contributed by atoms with E-state index < -0.39 is 0 Å². The highest BCUT2D eigenvalue weighted by atomic mass is 32.1. The number of hydrogen-bond acceptors (Lipinski definition) is 2. The van der Waals surface area contributed by atoms with E-state index >= 15 is 0 Å². The highest BCUT2D eigenvalue weighted by molar-refractivity contribution is 7.26. The van der Waals surface area contributed by atoms with Gasteiger partial charge in [-0.1, -0.05) is 60.7 Å². The van der Waals surface area contributed by atoms with Crippen LogP contribution in [0.2, 0.25) is 0 Å². The van der Waals surface area contributed by atoms with Crippen molar-refractivity contribution in [2.75, 3.05) is 0 Å². The molecule has 0 atom stereocenters. The molecule has 7 rings (SSSR count). The zero-order valence-electron chi connectivity index (χ0n) is 14.5. The first-order valence-corrected chi connectivity index (χ1v) is 10.9. The van der Waals surface area contributed by atoms with Crippen LogP contribution in [0.25, 0.3) is 52.2 Å². The molecular weight excluding hydrogens is 364 g/mol. The molecule has 2 heteroatoms. The lowest BCUT2D eigenvalue weighted by molar-refractivity contribution is 1.25. The molecule has 1 aliphatic rings. The summed E-state index contributed by atoms with van der Waals surface area (Å²) < 4.78 is 1.41. The molecule has 0 unspecified atom stereocenters. The molecule has 0 amide bonds. The summed E-state index contributed by atoms with van der Waals surface area (Å²) >= 11 is 3.89. The summed E-state index contributed by atoms with van der Waals surface area (Å²) in [6.45, 7) is 0. The lowest BCUT2D eigenvalue weighted by Gasteiger charge is -2.16. The van der Waals surface area contributed by atoms with E-state index in [0.29, 0.717) is 0 Å². The normalized spacial score (nSPS) is 13.0. The van der Waals surface area contributed by atoms with Gasteiger partial charge < -0.3 is 0 Å². The average molecular weight is 379 g/mol. The van der Waals surface area contributed by atoms with E-state index in [2.05, 4.69) is 72.1 Å². The topological polar surface area (TPSA) is 0 Å². The number of rotatable bonds is 0. The maximum atomic E-state index is 2.42. The molecule has 0 aliphatic heterocycles. The van der Waals surface area contributed by atoms with Gasteiger partial charge in [0.25, 0.3) is 0 Å². The van der Waals surface area contributed by atoms with Gasteiger partial charge in [-0.05, 0) is 44.1 Å². The summed E-state index contributed by atoms with van der Waals surface area (Å²) in [5.41, 5.74) is 3.01. The highest BCUT2D eigenvalue weighted by Gasteiger charge is 2.26. The number of thiophene rings is 2. The minimum atomic E-state index is 1.04. The minimum Gasteiger partial charge on any atom is -0.142 e. The molecule has 0 saturated heterocycles. The molecule has 27 heavy (non-hydrogen) atoms. The maximum absolute atomic E-state index is 2.42. The minimum absolute atomic E-state index is 1.04. The van der Waals surface area contributed by atoms with E-state index in [0.717, 1.165) is 6.42 Å². The quantitative estimate of drug-likeness (QED) is 0.251. The van der Waals surface area contributed by atoms with Crippen molar-refractivity contribution < 1.29 is 0 Å². The molecule has 0 spiro atoms. The predicted molar refractivity (Wildman–Crippen MR) is 120 cm³/mol. The Morgan fingerprint density at radius 3 is 2.41 bits per heavy atom. The van der Waals surface area contributed by atoms with Crippen LogP contribution in [0.15, 0.2) is 72.1 Å². The van der Waals surface area contributed by atoms with E-state index in [9.17, 15) is 0 Å². The fraction of sp³-hybridized carbons (Fsp3) is 0.0400. The molecule has 0 radical (unpaired) electrons. The fourth-order valence-corrected chi connectivity index (χ4v) is 7.31. The summed E-state index contributed by atoms with van der Waals surface area (Å²) in [6, 6.07) is 24.6. The summed E-state index contributed by atoms with van der Waals surface area (Å²) in [6.07, 6.45) is 1.04. The Labute approximate surface area is 164 Å². The average Bonchev–Trinajstić information content (AvgIpc) is 3.31. The molecule has 0 N–H and O–H groups in total. The van der Waals surface area contributed by atoms with Crippen molar-refractivity contribution in [1.82, 2.24) is 0 Å². The number of hydrogen-bond donors (Lipinski definition) is 0. The van der Waals surface area contributed by atoms with Crippen LogP contribution in [0.3, 0.4) is 0 Å². The Kier molecular flexibility index (Phi) is 2.65. The van der Waals surface area contributed by atoms with Crippen molar-refractivity contribution in [3.8, 4) is 9.75 Å². The van der Waals surface area contributed by atoms with Gasteiger partial charge >= 0.3 is 0 Å². The second-order valence-electron chi connectivity index (χ2n) is 7.36. The first kappa shape index (κ1) is 14.4. The molecule has 6 aromatic rings. The molecule has 1 aliphatic carbocycles. The first-order valence-electron chi connectivity index (χ1n) is 9.24. The lowest BCUT2D eigenvalue weighted by atomic mass is 9.88. The van der Waals surface area contributed by atoms with Crippen molar-refractivity contribution in [3.05, 3.63) is 83.2 Å². The van der Waals surface area contributed by atoms with Gasteiger partial charge in [0.1, 0.15) is 0 Å². The molecule has 4 aromatic carbocycles. The van der Waals surface area contributed by atoms with Gasteiger partial charge in [0.05, 0.1) is 4.88 Å². The molecule has 126 valence electrons. The Bertz CT molecular complexity index is 1550. The Morgan fingerprint density at radius 2 is 1.48 bits per heavy atom. The molecule has 0 nitrogen and oxygen atoms in total. The van der Waals surface area contributed by atoms with Gasteiger partial charge in [-0.3, -0.25) is 0 Å². The zero-order chi connectivity index (χ0) is 17.5. The van der Waals surface area contributed by atoms with Crippen LogP contribution >= 0.6 is 22.7 Å². The largest absolute Gasteiger partial charge is 0.142 e. The summed E-state index contributed by atoms with van der Waals surface area (Å²) in [4.78, 5) is 2.96. The maximum Gasteiger partial charge on any atom is 0.0527 e. The number of fused-ring (bicyclic) bond motifs is 8. The standard InChI is InChI=1S/C25H14S2/c1-4-8-18-14(5-1)9-10-21-23(18)19-12-16-11-15-6-2-3-7-17(15)20-13-26-25(22(16)20)24(19)27-21/h1-11,13H,12H2. The lowest BCUT2D eigenvalue weighted by Crippen LogP contribution is -1.96. The van der Waals surface area contributed by atoms with Gasteiger partial charge in [-0.25, -0.2) is 0 Å². The molecule has 2 heterocycles. The van der Waals surface area contributed by atoms with E-state index in [-0.39, 0.29) is 0 Å². The van der Waals surface area contributed by atoms with Crippen molar-refractivity contribution in [2.24, 2.45) is 0 Å². The van der Waals surface area contributed by atoms with E-state index in [1.807, 2.05) is 22.7 Å². The molecule has 2 aromatic heterocycles. The third-order valence-corrected chi connectivity index (χ3v) is 8.29. The van der Waals surface area contributed by atoms with Crippen LogP contribution < -0.4 is 0 Å². The summed E-state index contributed by atoms with van der Waals surface area (Å²) in [7, 11) is 0. The van der Waals surface area contributed by atoms with Crippen LogP contribution in [0, 0.1) is 0 Å². The SMILES string of the molecule is c1ccc2c(c1)cc1c3c(scc32)-c2sc3ccc4ccccc4c3c2C1. The van der Waals surface area contributed by atoms with E-state index in [1.165, 1.54) is 63.3 Å². The molecule has 0 saturated carbocycles. The molecule has 0 bridgehead atoms. The Balaban J connectivity index is 1.67. The van der Waals surface area contributed by atoms with Crippen LogP contribution in [-0.4, -0.2) is 0 Å². The number of benzene rings is 4. The van der Waals surface area contributed by atoms with Crippen molar-refractivity contribution in [1.29, 1.82) is 0 Å². The Hall–Kier alpha value is -2.68. The predicted octanol–water partition coefficient (Wildman–Crippen LogP) is 7.99. The van der Waals surface area contributed by atoms with Crippen LogP contribution in [0.5, 0.6) is 0 Å².